The highest BCUT2D eigenvalue weighted by molar-refractivity contribution is 5.73. The molecule has 0 saturated carbocycles. The highest BCUT2D eigenvalue weighted by Gasteiger charge is 2.51. The minimum Gasteiger partial charge on any atom is -0.394 e. The number of amides is 2. The van der Waals surface area contributed by atoms with Gasteiger partial charge in [0.05, 0.1) is 19.3 Å². The maximum Gasteiger partial charge on any atom is 0.217 e. The third-order valence-corrected chi connectivity index (χ3v) is 4.95. The highest BCUT2D eigenvalue weighted by atomic mass is 16.7. The van der Waals surface area contributed by atoms with Crippen molar-refractivity contribution in [2.24, 2.45) is 5.11 Å². The lowest BCUT2D eigenvalue weighted by Crippen LogP contribution is -2.68. The summed E-state index contributed by atoms with van der Waals surface area (Å²) >= 11 is 0. The molecular weight excluding hydrogens is 422 g/mol. The van der Waals surface area contributed by atoms with Crippen LogP contribution in [0.2, 0.25) is 0 Å². The Morgan fingerprint density at radius 2 is 1.55 bits per heavy atom. The molecule has 31 heavy (non-hydrogen) atoms. The SMILES string of the molecule is CC(=O)N[C@@H]1[C@@H](O)[C@H](O[C@@H]2O[C@H](CO)[C@@H](O)[C@H](O)[C@H]2NC(C)=O)[C@@H](CO)O[C@H]1N=[N+]=[N-]. The standard InChI is InChI=1S/C16H27N5O10/c1-5(24)18-9-13(28)14(8(4-23)29-15(9)20-21-17)31-16-10(19-6(2)25)12(27)11(26)7(3-22)30-16/h7-16,22-23,26-28H,3-4H2,1-2H3,(H,18,24)(H,19,25)/t7-,8-,9-,10-,11-,12-,13-,14-,15-,16+/m1/s1. The molecule has 0 radical (unpaired) electrons. The average Bonchev–Trinajstić information content (AvgIpc) is 2.71. The summed E-state index contributed by atoms with van der Waals surface area (Å²) < 4.78 is 16.6. The van der Waals surface area contributed by atoms with Crippen molar-refractivity contribution in [3.63, 3.8) is 0 Å². The van der Waals surface area contributed by atoms with E-state index in [1.807, 2.05) is 0 Å². The molecule has 2 heterocycles. The Kier molecular flexibility index (Phi) is 8.93. The predicted octanol–water partition coefficient (Wildman–Crippen LogP) is -3.79. The first-order valence-corrected chi connectivity index (χ1v) is 9.45. The summed E-state index contributed by atoms with van der Waals surface area (Å²) in [6.45, 7) is 0.929. The van der Waals surface area contributed by atoms with E-state index in [2.05, 4.69) is 20.7 Å². The summed E-state index contributed by atoms with van der Waals surface area (Å²) in [6.07, 6.45) is -11.5. The fourth-order valence-electron chi connectivity index (χ4n) is 3.53. The number of nitrogens with zero attached hydrogens (tertiary/aromatic N) is 3. The van der Waals surface area contributed by atoms with E-state index < -0.39 is 86.3 Å². The summed E-state index contributed by atoms with van der Waals surface area (Å²) in [5.41, 5.74) is 8.73. The zero-order valence-electron chi connectivity index (χ0n) is 16.8. The molecule has 2 amide bonds. The van der Waals surface area contributed by atoms with Crippen LogP contribution in [0.5, 0.6) is 0 Å². The lowest BCUT2D eigenvalue weighted by Gasteiger charge is -2.47. The highest BCUT2D eigenvalue weighted by Crippen LogP contribution is 2.29. The molecule has 2 fully saturated rings. The Morgan fingerprint density at radius 1 is 0.968 bits per heavy atom. The van der Waals surface area contributed by atoms with Gasteiger partial charge in [-0.2, -0.15) is 0 Å². The van der Waals surface area contributed by atoms with Gasteiger partial charge in [-0.3, -0.25) is 9.59 Å². The smallest absolute Gasteiger partial charge is 0.217 e. The number of rotatable bonds is 7. The zero-order chi connectivity index (χ0) is 23.3. The van der Waals surface area contributed by atoms with E-state index in [4.69, 9.17) is 19.7 Å². The largest absolute Gasteiger partial charge is 0.394 e. The molecule has 0 unspecified atom stereocenters. The van der Waals surface area contributed by atoms with E-state index in [-0.39, 0.29) is 0 Å². The summed E-state index contributed by atoms with van der Waals surface area (Å²) in [5.74, 6) is -1.16. The van der Waals surface area contributed by atoms with E-state index in [0.29, 0.717) is 0 Å². The average molecular weight is 449 g/mol. The van der Waals surface area contributed by atoms with Gasteiger partial charge in [-0.15, -0.1) is 0 Å². The normalized spacial score (nSPS) is 40.5. The fraction of sp³-hybridized carbons (Fsp3) is 0.875. The van der Waals surface area contributed by atoms with E-state index in [0.717, 1.165) is 13.8 Å². The molecule has 0 aliphatic carbocycles. The van der Waals surface area contributed by atoms with Gasteiger partial charge in [-0.1, -0.05) is 5.11 Å². The second-order valence-electron chi connectivity index (χ2n) is 7.20. The Bertz CT molecular complexity index is 692. The van der Waals surface area contributed by atoms with Gasteiger partial charge in [0.15, 0.2) is 12.5 Å². The second kappa shape index (κ2) is 11.0. The van der Waals surface area contributed by atoms with Gasteiger partial charge in [0, 0.05) is 18.8 Å². The van der Waals surface area contributed by atoms with Crippen LogP contribution in [0.25, 0.3) is 10.4 Å². The first-order valence-electron chi connectivity index (χ1n) is 9.45. The van der Waals surface area contributed by atoms with Crippen LogP contribution >= 0.6 is 0 Å². The summed E-state index contributed by atoms with van der Waals surface area (Å²) in [4.78, 5) is 25.7. The van der Waals surface area contributed by atoms with Crippen LogP contribution in [0.4, 0.5) is 0 Å². The van der Waals surface area contributed by atoms with Crippen molar-refractivity contribution >= 4 is 11.8 Å². The molecular formula is C16H27N5O10. The molecule has 176 valence electrons. The molecule has 0 spiro atoms. The van der Waals surface area contributed by atoms with Gasteiger partial charge in [-0.05, 0) is 5.53 Å². The molecule has 0 aromatic heterocycles. The molecule has 7 N–H and O–H groups in total. The Balaban J connectivity index is 2.32. The minimum atomic E-state index is -1.60. The van der Waals surface area contributed by atoms with Crippen LogP contribution in [0.15, 0.2) is 5.11 Å². The molecule has 2 saturated heterocycles. The van der Waals surface area contributed by atoms with Crippen LogP contribution in [0.3, 0.4) is 0 Å². The quantitative estimate of drug-likeness (QED) is 0.114. The van der Waals surface area contributed by atoms with Gasteiger partial charge in [-0.25, -0.2) is 0 Å². The topological polar surface area (TPSA) is 236 Å². The molecule has 2 aliphatic heterocycles. The monoisotopic (exact) mass is 449 g/mol. The number of nitrogens with one attached hydrogen (secondary N) is 2. The van der Waals surface area contributed by atoms with Crippen molar-refractivity contribution < 1.29 is 49.3 Å². The van der Waals surface area contributed by atoms with Gasteiger partial charge >= 0.3 is 0 Å². The van der Waals surface area contributed by atoms with Crippen molar-refractivity contribution in [2.45, 2.75) is 75.1 Å². The first-order chi connectivity index (χ1) is 14.6. The Labute approximate surface area is 176 Å². The maximum atomic E-state index is 11.6. The Morgan fingerprint density at radius 3 is 2.06 bits per heavy atom. The maximum absolute atomic E-state index is 11.6. The van der Waals surface area contributed by atoms with Crippen molar-refractivity contribution in [3.05, 3.63) is 10.4 Å². The molecule has 10 atom stereocenters. The van der Waals surface area contributed by atoms with Crippen LogP contribution in [-0.4, -0.2) is 112 Å². The lowest BCUT2D eigenvalue weighted by atomic mass is 9.94. The summed E-state index contributed by atoms with van der Waals surface area (Å²) in [6, 6.07) is -2.57. The number of hydrogen-bond acceptors (Lipinski definition) is 11. The molecule has 2 rings (SSSR count). The van der Waals surface area contributed by atoms with Crippen molar-refractivity contribution in [3.8, 4) is 0 Å². The second-order valence-corrected chi connectivity index (χ2v) is 7.20. The number of ether oxygens (including phenoxy) is 3. The van der Waals surface area contributed by atoms with Gasteiger partial charge < -0.3 is 50.4 Å². The number of carbonyl (C=O) groups is 2. The number of aliphatic hydroxyl groups is 5. The van der Waals surface area contributed by atoms with Crippen LogP contribution in [0.1, 0.15) is 13.8 Å². The van der Waals surface area contributed by atoms with Crippen molar-refractivity contribution in [2.75, 3.05) is 13.2 Å². The fourth-order valence-corrected chi connectivity index (χ4v) is 3.53. The van der Waals surface area contributed by atoms with Crippen LogP contribution in [-0.2, 0) is 23.8 Å². The van der Waals surface area contributed by atoms with Gasteiger partial charge in [0.2, 0.25) is 11.8 Å². The Hall–Kier alpha value is -2.07. The first kappa shape index (κ1) is 25.2. The van der Waals surface area contributed by atoms with E-state index in [1.165, 1.54) is 0 Å². The molecule has 15 heteroatoms. The van der Waals surface area contributed by atoms with E-state index >= 15 is 0 Å². The molecule has 15 nitrogen and oxygen atoms in total. The van der Waals surface area contributed by atoms with Gasteiger partial charge in [0.25, 0.3) is 0 Å². The number of hydrogen-bond donors (Lipinski definition) is 7. The number of azide groups is 1. The number of carbonyl (C=O) groups excluding carboxylic acids is 2. The van der Waals surface area contributed by atoms with Crippen molar-refractivity contribution in [1.29, 1.82) is 0 Å². The molecule has 0 aromatic carbocycles. The summed E-state index contributed by atoms with van der Waals surface area (Å²) in [7, 11) is 0. The number of aliphatic hydroxyl groups excluding tert-OH is 5. The van der Waals surface area contributed by atoms with E-state index in [9.17, 15) is 35.1 Å². The van der Waals surface area contributed by atoms with Crippen LogP contribution < -0.4 is 10.6 Å². The third-order valence-electron chi connectivity index (χ3n) is 4.95. The van der Waals surface area contributed by atoms with Gasteiger partial charge in [0.1, 0.15) is 42.7 Å². The zero-order valence-corrected chi connectivity index (χ0v) is 16.8. The van der Waals surface area contributed by atoms with Crippen LogP contribution in [0, 0.1) is 0 Å². The van der Waals surface area contributed by atoms with Crippen molar-refractivity contribution in [1.82, 2.24) is 10.6 Å². The molecule has 0 bridgehead atoms. The minimum absolute atomic E-state index is 0.573. The third kappa shape index (κ3) is 5.79. The lowest BCUT2D eigenvalue weighted by molar-refractivity contribution is -0.314. The molecule has 0 aromatic rings. The van der Waals surface area contributed by atoms with E-state index in [1.54, 1.807) is 0 Å². The predicted molar refractivity (Wildman–Crippen MR) is 98.7 cm³/mol. The summed E-state index contributed by atoms with van der Waals surface area (Å²) in [5, 5.41) is 58.5. The molecule has 2 aliphatic rings.